The molecule has 0 radical (unpaired) electrons. The van der Waals surface area contributed by atoms with Gasteiger partial charge in [-0.15, -0.1) is 0 Å². The van der Waals surface area contributed by atoms with Crippen molar-refractivity contribution in [2.45, 2.75) is 12.8 Å². The third-order valence-corrected chi connectivity index (χ3v) is 7.58. The van der Waals surface area contributed by atoms with E-state index < -0.39 is 0 Å². The number of anilines is 5. The smallest absolute Gasteiger partial charge is 0.0652 e. The van der Waals surface area contributed by atoms with Crippen LogP contribution in [0.15, 0.2) is 151 Å². The van der Waals surface area contributed by atoms with Crippen molar-refractivity contribution in [2.75, 3.05) is 9.91 Å². The van der Waals surface area contributed by atoms with Gasteiger partial charge in [0, 0.05) is 16.8 Å². The lowest BCUT2D eigenvalue weighted by Gasteiger charge is -2.27. The molecule has 0 bridgehead atoms. The molecule has 192 valence electrons. The summed E-state index contributed by atoms with van der Waals surface area (Å²) < 4.78 is 0. The average Bonchev–Trinajstić information content (AvgIpc) is 3.45. The molecule has 0 atom stereocenters. The van der Waals surface area contributed by atoms with Crippen LogP contribution in [-0.4, -0.2) is 6.21 Å². The highest BCUT2D eigenvalue weighted by Crippen LogP contribution is 2.42. The van der Waals surface area contributed by atoms with Crippen molar-refractivity contribution in [1.82, 2.24) is 0 Å². The van der Waals surface area contributed by atoms with Crippen LogP contribution in [-0.2, 0) is 12.8 Å². The maximum absolute atomic E-state index is 4.89. The summed E-state index contributed by atoms with van der Waals surface area (Å²) in [5.74, 6) is 0. The molecule has 3 nitrogen and oxygen atoms in total. The average molecular weight is 516 g/mol. The van der Waals surface area contributed by atoms with E-state index in [1.807, 2.05) is 47.6 Å². The molecule has 0 N–H and O–H groups in total. The Hall–Kier alpha value is -5.15. The normalized spacial score (nSPS) is 12.2. The first-order valence-electron chi connectivity index (χ1n) is 13.8. The van der Waals surface area contributed by atoms with Crippen molar-refractivity contribution in [1.29, 1.82) is 0 Å². The molecule has 6 aromatic rings. The zero-order valence-corrected chi connectivity index (χ0v) is 22.2. The minimum atomic E-state index is 1.02. The molecule has 0 fully saturated rings. The summed E-state index contributed by atoms with van der Waals surface area (Å²) in [6.45, 7) is 0. The molecule has 6 aromatic carbocycles. The molecule has 7 rings (SSSR count). The fraction of sp³-hybridized carbons (Fsp3) is 0.0541. The third kappa shape index (κ3) is 4.52. The number of para-hydroxylation sites is 3. The van der Waals surface area contributed by atoms with Gasteiger partial charge in [0.2, 0.25) is 0 Å². The molecule has 0 saturated heterocycles. The molecule has 0 unspecified atom stereocenters. The zero-order chi connectivity index (χ0) is 26.7. The molecular formula is C37H29N3. The van der Waals surface area contributed by atoms with Gasteiger partial charge in [0.05, 0.1) is 23.3 Å². The van der Waals surface area contributed by atoms with Crippen LogP contribution in [0, 0.1) is 0 Å². The second-order valence-corrected chi connectivity index (χ2v) is 10.1. The fourth-order valence-electron chi connectivity index (χ4n) is 5.69. The van der Waals surface area contributed by atoms with E-state index in [-0.39, 0.29) is 0 Å². The largest absolute Gasteiger partial charge is 0.310 e. The summed E-state index contributed by atoms with van der Waals surface area (Å²) >= 11 is 0. The number of rotatable bonds is 7. The standard InChI is InChI=1S/C37H29N3/c1-4-12-31(13-5-1)39(36-26-23-30-22-21-29-11-10-18-35(36)37(29)30)32-24-19-28(20-25-32)27-38-40(33-14-6-2-7-15-33)34-16-8-3-9-17-34/h1-20,23-27H,21-22H2. The Bertz CT molecular complexity index is 1730. The number of benzene rings is 6. The van der Waals surface area contributed by atoms with Crippen LogP contribution < -0.4 is 9.91 Å². The van der Waals surface area contributed by atoms with Crippen molar-refractivity contribution in [3.63, 3.8) is 0 Å². The molecule has 0 amide bonds. The summed E-state index contributed by atoms with van der Waals surface area (Å²) in [5, 5.41) is 9.59. The highest BCUT2D eigenvalue weighted by Gasteiger charge is 2.20. The second kappa shape index (κ2) is 10.5. The number of nitrogens with zero attached hydrogens (tertiary/aromatic N) is 3. The lowest BCUT2D eigenvalue weighted by molar-refractivity contribution is 1.02. The molecule has 0 aliphatic heterocycles. The van der Waals surface area contributed by atoms with Gasteiger partial charge < -0.3 is 4.90 Å². The van der Waals surface area contributed by atoms with E-state index in [0.29, 0.717) is 0 Å². The quantitative estimate of drug-likeness (QED) is 0.156. The third-order valence-electron chi connectivity index (χ3n) is 7.58. The Kier molecular flexibility index (Phi) is 6.31. The van der Waals surface area contributed by atoms with Gasteiger partial charge in [-0.3, -0.25) is 0 Å². The summed E-state index contributed by atoms with van der Waals surface area (Å²) in [5.41, 5.74) is 9.44. The highest BCUT2D eigenvalue weighted by molar-refractivity contribution is 6.03. The Balaban J connectivity index is 1.26. The van der Waals surface area contributed by atoms with Crippen LogP contribution in [0.3, 0.4) is 0 Å². The van der Waals surface area contributed by atoms with E-state index in [1.54, 1.807) is 0 Å². The molecule has 0 heterocycles. The Morgan fingerprint density at radius 1 is 0.475 bits per heavy atom. The molecule has 0 spiro atoms. The molecule has 1 aliphatic carbocycles. The summed E-state index contributed by atoms with van der Waals surface area (Å²) in [6.07, 6.45) is 4.17. The molecule has 3 heteroatoms. The predicted octanol–water partition coefficient (Wildman–Crippen LogP) is 9.58. The molecule has 1 aliphatic rings. The van der Waals surface area contributed by atoms with Crippen molar-refractivity contribution < 1.29 is 0 Å². The molecule has 0 aromatic heterocycles. The van der Waals surface area contributed by atoms with Crippen LogP contribution >= 0.6 is 0 Å². The van der Waals surface area contributed by atoms with E-state index in [9.17, 15) is 0 Å². The Morgan fingerprint density at radius 3 is 1.65 bits per heavy atom. The SMILES string of the molecule is C(=NN(c1ccccc1)c1ccccc1)c1ccc(N(c2ccccc2)c2ccc3c4c(cccc24)CC3)cc1. The summed E-state index contributed by atoms with van der Waals surface area (Å²) in [7, 11) is 0. The second-order valence-electron chi connectivity index (χ2n) is 10.1. The van der Waals surface area contributed by atoms with Gasteiger partial charge in [-0.1, -0.05) is 91.0 Å². The van der Waals surface area contributed by atoms with Gasteiger partial charge in [-0.05, 0) is 89.5 Å². The van der Waals surface area contributed by atoms with E-state index in [1.165, 1.54) is 27.6 Å². The lowest BCUT2D eigenvalue weighted by atomic mass is 10.0. The minimum Gasteiger partial charge on any atom is -0.310 e. The van der Waals surface area contributed by atoms with Crippen LogP contribution in [0.25, 0.3) is 10.8 Å². The Labute approximate surface area is 235 Å². The first-order valence-corrected chi connectivity index (χ1v) is 13.8. The predicted molar refractivity (Wildman–Crippen MR) is 169 cm³/mol. The van der Waals surface area contributed by atoms with E-state index in [2.05, 4.69) is 114 Å². The maximum atomic E-state index is 4.89. The zero-order valence-electron chi connectivity index (χ0n) is 22.2. The van der Waals surface area contributed by atoms with E-state index in [4.69, 9.17) is 5.10 Å². The van der Waals surface area contributed by atoms with Gasteiger partial charge in [0.25, 0.3) is 0 Å². The van der Waals surface area contributed by atoms with Gasteiger partial charge in [-0.2, -0.15) is 5.10 Å². The van der Waals surface area contributed by atoms with Gasteiger partial charge in [0.1, 0.15) is 0 Å². The molecular weight excluding hydrogens is 486 g/mol. The van der Waals surface area contributed by atoms with Crippen molar-refractivity contribution >= 4 is 45.4 Å². The van der Waals surface area contributed by atoms with Crippen LogP contribution in [0.1, 0.15) is 16.7 Å². The first-order chi connectivity index (χ1) is 19.8. The number of hydrogen-bond acceptors (Lipinski definition) is 3. The lowest BCUT2D eigenvalue weighted by Crippen LogP contribution is -2.11. The highest BCUT2D eigenvalue weighted by atomic mass is 15.5. The first kappa shape index (κ1) is 23.9. The minimum absolute atomic E-state index is 1.02. The monoisotopic (exact) mass is 515 g/mol. The van der Waals surface area contributed by atoms with Crippen molar-refractivity contribution in [2.24, 2.45) is 5.10 Å². The van der Waals surface area contributed by atoms with Crippen LogP contribution in [0.2, 0.25) is 0 Å². The molecule has 0 saturated carbocycles. The van der Waals surface area contributed by atoms with Gasteiger partial charge in [0.15, 0.2) is 0 Å². The molecule has 40 heavy (non-hydrogen) atoms. The number of hydrazone groups is 1. The summed E-state index contributed by atoms with van der Waals surface area (Å²) in [4.78, 5) is 2.36. The Morgan fingerprint density at radius 2 is 1.02 bits per heavy atom. The topological polar surface area (TPSA) is 18.8 Å². The van der Waals surface area contributed by atoms with Gasteiger partial charge >= 0.3 is 0 Å². The number of hydrogen-bond donors (Lipinski definition) is 0. The van der Waals surface area contributed by atoms with Crippen molar-refractivity contribution in [3.05, 3.63) is 162 Å². The van der Waals surface area contributed by atoms with E-state index >= 15 is 0 Å². The van der Waals surface area contributed by atoms with Crippen molar-refractivity contribution in [3.8, 4) is 0 Å². The summed E-state index contributed by atoms with van der Waals surface area (Å²) in [6, 6.07) is 51.1. The fourth-order valence-corrected chi connectivity index (χ4v) is 5.69. The van der Waals surface area contributed by atoms with E-state index in [0.717, 1.165) is 41.2 Å². The van der Waals surface area contributed by atoms with Crippen LogP contribution in [0.4, 0.5) is 28.4 Å². The number of aryl methyl sites for hydroxylation is 2. The van der Waals surface area contributed by atoms with Gasteiger partial charge in [-0.25, -0.2) is 5.01 Å². The van der Waals surface area contributed by atoms with Crippen LogP contribution in [0.5, 0.6) is 0 Å². The maximum Gasteiger partial charge on any atom is 0.0652 e.